The highest BCUT2D eigenvalue weighted by atomic mass is 79.9. The average molecular weight is 353 g/mol. The Labute approximate surface area is 121 Å². The lowest BCUT2D eigenvalue weighted by molar-refractivity contribution is 0.500. The maximum atomic E-state index is 13.5. The van der Waals surface area contributed by atoms with Gasteiger partial charge in [0.15, 0.2) is 11.6 Å². The molecular formula is C12H9BrClF2NS. The first-order valence-corrected chi connectivity index (χ1v) is 7.09. The molecule has 0 aliphatic heterocycles. The lowest BCUT2D eigenvalue weighted by atomic mass is 10.1. The third-order valence-corrected chi connectivity index (χ3v) is 4.65. The number of hydrogen-bond donors (Lipinski definition) is 1. The quantitative estimate of drug-likeness (QED) is 0.786. The summed E-state index contributed by atoms with van der Waals surface area (Å²) in [6.07, 6.45) is 0. The van der Waals surface area contributed by atoms with Crippen LogP contribution in [0.1, 0.15) is 16.5 Å². The third-order valence-electron chi connectivity index (χ3n) is 2.54. The molecule has 1 heterocycles. The van der Waals surface area contributed by atoms with E-state index in [1.54, 1.807) is 19.2 Å². The molecule has 0 saturated carbocycles. The molecule has 0 fully saturated rings. The van der Waals surface area contributed by atoms with Crippen LogP contribution in [0.3, 0.4) is 0 Å². The van der Waals surface area contributed by atoms with Crippen LogP contribution in [0.15, 0.2) is 28.7 Å². The summed E-state index contributed by atoms with van der Waals surface area (Å²) in [6, 6.07) is 6.08. The van der Waals surface area contributed by atoms with Crippen LogP contribution in [0.2, 0.25) is 4.34 Å². The molecule has 1 nitrogen and oxygen atoms in total. The third kappa shape index (κ3) is 2.59. The minimum Gasteiger partial charge on any atom is -0.309 e. The van der Waals surface area contributed by atoms with Gasteiger partial charge in [0.25, 0.3) is 0 Å². The molecule has 1 atom stereocenters. The van der Waals surface area contributed by atoms with E-state index in [0.717, 1.165) is 10.9 Å². The van der Waals surface area contributed by atoms with Crippen molar-refractivity contribution in [3.8, 4) is 0 Å². The van der Waals surface area contributed by atoms with Gasteiger partial charge in [0.1, 0.15) is 0 Å². The molecule has 0 spiro atoms. The van der Waals surface area contributed by atoms with Gasteiger partial charge < -0.3 is 5.32 Å². The second kappa shape index (κ2) is 5.65. The number of hydrogen-bond acceptors (Lipinski definition) is 2. The van der Waals surface area contributed by atoms with E-state index in [2.05, 4.69) is 21.2 Å². The van der Waals surface area contributed by atoms with Crippen LogP contribution in [0.25, 0.3) is 0 Å². The summed E-state index contributed by atoms with van der Waals surface area (Å²) < 4.78 is 27.4. The molecule has 0 amide bonds. The zero-order valence-electron chi connectivity index (χ0n) is 9.31. The zero-order chi connectivity index (χ0) is 13.3. The van der Waals surface area contributed by atoms with Crippen LogP contribution in [-0.2, 0) is 0 Å². The molecular weight excluding hydrogens is 344 g/mol. The minimum absolute atomic E-state index is 0.131. The highest BCUT2D eigenvalue weighted by molar-refractivity contribution is 9.10. The van der Waals surface area contributed by atoms with Crippen LogP contribution in [0, 0.1) is 11.6 Å². The highest BCUT2D eigenvalue weighted by Gasteiger charge is 2.20. The maximum Gasteiger partial charge on any atom is 0.173 e. The van der Waals surface area contributed by atoms with Gasteiger partial charge in [-0.2, -0.15) is 0 Å². The van der Waals surface area contributed by atoms with Crippen LogP contribution in [0.5, 0.6) is 0 Å². The highest BCUT2D eigenvalue weighted by Crippen LogP contribution is 2.35. The lowest BCUT2D eigenvalue weighted by Gasteiger charge is -2.17. The fraction of sp³-hybridized carbons (Fsp3) is 0.167. The molecule has 0 radical (unpaired) electrons. The van der Waals surface area contributed by atoms with E-state index in [-0.39, 0.29) is 10.5 Å². The number of benzene rings is 1. The molecule has 0 aliphatic rings. The lowest BCUT2D eigenvalue weighted by Crippen LogP contribution is -2.17. The Bertz CT molecular complexity index is 573. The van der Waals surface area contributed by atoms with Gasteiger partial charge in [-0.1, -0.05) is 17.7 Å². The number of halogens is 4. The molecule has 1 aromatic heterocycles. The van der Waals surface area contributed by atoms with Crippen molar-refractivity contribution in [3.63, 3.8) is 0 Å². The second-order valence-electron chi connectivity index (χ2n) is 3.63. The molecule has 1 N–H and O–H groups in total. The number of rotatable bonds is 3. The largest absolute Gasteiger partial charge is 0.309 e. The first kappa shape index (κ1) is 13.9. The predicted molar refractivity (Wildman–Crippen MR) is 74.3 cm³/mol. The minimum atomic E-state index is -0.879. The van der Waals surface area contributed by atoms with Gasteiger partial charge in [-0.05, 0) is 46.7 Å². The van der Waals surface area contributed by atoms with Crippen molar-refractivity contribution in [2.24, 2.45) is 0 Å². The Hall–Kier alpha value is -0.490. The van der Waals surface area contributed by atoms with Gasteiger partial charge in [-0.3, -0.25) is 0 Å². The van der Waals surface area contributed by atoms with E-state index in [1.807, 2.05) is 6.07 Å². The summed E-state index contributed by atoms with van der Waals surface area (Å²) in [5.74, 6) is -1.75. The first-order valence-electron chi connectivity index (χ1n) is 5.10. The van der Waals surface area contributed by atoms with Crippen LogP contribution < -0.4 is 5.32 Å². The smallest absolute Gasteiger partial charge is 0.173 e. The molecule has 2 aromatic rings. The Balaban J connectivity index is 2.49. The molecule has 1 aromatic carbocycles. The van der Waals surface area contributed by atoms with Crippen molar-refractivity contribution in [3.05, 3.63) is 55.1 Å². The summed E-state index contributed by atoms with van der Waals surface area (Å²) in [6.45, 7) is 0. The van der Waals surface area contributed by atoms with Gasteiger partial charge in [0, 0.05) is 4.88 Å². The van der Waals surface area contributed by atoms with E-state index >= 15 is 0 Å². The molecule has 0 aliphatic carbocycles. The van der Waals surface area contributed by atoms with Gasteiger partial charge >= 0.3 is 0 Å². The Morgan fingerprint density at radius 2 is 2.00 bits per heavy atom. The van der Waals surface area contributed by atoms with Gasteiger partial charge in [-0.15, -0.1) is 11.3 Å². The van der Waals surface area contributed by atoms with Crippen LogP contribution in [-0.4, -0.2) is 7.05 Å². The summed E-state index contributed by atoms with van der Waals surface area (Å²) >= 11 is 10.4. The predicted octanol–water partition coefficient (Wildman–Crippen LogP) is 4.75. The van der Waals surface area contributed by atoms with Crippen molar-refractivity contribution in [1.82, 2.24) is 5.32 Å². The molecule has 1 unspecified atom stereocenters. The normalized spacial score (nSPS) is 12.7. The number of nitrogens with one attached hydrogen (secondary N) is 1. The molecule has 2 rings (SSSR count). The zero-order valence-corrected chi connectivity index (χ0v) is 12.5. The topological polar surface area (TPSA) is 12.0 Å². The van der Waals surface area contributed by atoms with E-state index in [1.165, 1.54) is 11.3 Å². The average Bonchev–Trinajstić information content (AvgIpc) is 2.77. The van der Waals surface area contributed by atoms with Crippen LogP contribution in [0.4, 0.5) is 8.78 Å². The van der Waals surface area contributed by atoms with Crippen LogP contribution >= 0.6 is 38.9 Å². The molecule has 6 heteroatoms. The molecule has 18 heavy (non-hydrogen) atoms. The SMILES string of the molecule is CNC(c1ccc(Cl)s1)c1ccc(F)c(F)c1Br. The summed E-state index contributed by atoms with van der Waals surface area (Å²) in [7, 11) is 1.76. The van der Waals surface area contributed by atoms with Gasteiger partial charge in [-0.25, -0.2) is 8.78 Å². The fourth-order valence-corrected chi connectivity index (χ4v) is 3.44. The standard InChI is InChI=1S/C12H9BrClF2NS/c1-17-12(8-4-5-9(14)18-8)6-2-3-7(15)11(16)10(6)13/h2-5,12,17H,1H3. The van der Waals surface area contributed by atoms with E-state index in [9.17, 15) is 8.78 Å². The van der Waals surface area contributed by atoms with Gasteiger partial charge in [0.2, 0.25) is 0 Å². The monoisotopic (exact) mass is 351 g/mol. The maximum absolute atomic E-state index is 13.5. The Morgan fingerprint density at radius 3 is 2.56 bits per heavy atom. The summed E-state index contributed by atoms with van der Waals surface area (Å²) in [5.41, 5.74) is 0.634. The Kier molecular flexibility index (Phi) is 4.37. The fourth-order valence-electron chi connectivity index (χ4n) is 1.70. The first-order chi connectivity index (χ1) is 8.54. The number of thiophene rings is 1. The van der Waals surface area contributed by atoms with Crippen molar-refractivity contribution < 1.29 is 8.78 Å². The second-order valence-corrected chi connectivity index (χ2v) is 6.17. The summed E-state index contributed by atoms with van der Waals surface area (Å²) in [5, 5.41) is 3.07. The van der Waals surface area contributed by atoms with Crippen molar-refractivity contribution in [2.75, 3.05) is 7.05 Å². The van der Waals surface area contributed by atoms with E-state index < -0.39 is 11.6 Å². The van der Waals surface area contributed by atoms with E-state index in [4.69, 9.17) is 11.6 Å². The van der Waals surface area contributed by atoms with E-state index in [0.29, 0.717) is 9.90 Å². The molecule has 96 valence electrons. The molecule has 0 bridgehead atoms. The summed E-state index contributed by atoms with van der Waals surface area (Å²) in [4.78, 5) is 0.939. The van der Waals surface area contributed by atoms with Crippen molar-refractivity contribution >= 4 is 38.9 Å². The van der Waals surface area contributed by atoms with Gasteiger partial charge in [0.05, 0.1) is 14.9 Å². The molecule has 0 saturated heterocycles. The van der Waals surface area contributed by atoms with Crippen molar-refractivity contribution in [1.29, 1.82) is 0 Å². The Morgan fingerprint density at radius 1 is 1.28 bits per heavy atom. The van der Waals surface area contributed by atoms with Crippen molar-refractivity contribution in [2.45, 2.75) is 6.04 Å².